The number of nitrogens with zero attached hydrogens (tertiary/aromatic N) is 2. The molecule has 0 spiro atoms. The molecule has 0 aromatic heterocycles. The van der Waals surface area contributed by atoms with Crippen LogP contribution in [0, 0.1) is 17.8 Å². The highest BCUT2D eigenvalue weighted by Crippen LogP contribution is 2.23. The summed E-state index contributed by atoms with van der Waals surface area (Å²) < 4.78 is 5.71. The average molecular weight is 1040 g/mol. The van der Waals surface area contributed by atoms with Crippen molar-refractivity contribution in [3.63, 3.8) is 0 Å². The first-order valence-corrected chi connectivity index (χ1v) is 24.5. The minimum atomic E-state index is -1.93. The van der Waals surface area contributed by atoms with E-state index in [-0.39, 0.29) is 43.8 Å². The predicted molar refractivity (Wildman–Crippen MR) is 273 cm³/mol. The summed E-state index contributed by atoms with van der Waals surface area (Å²) in [7, 11) is 2.80. The van der Waals surface area contributed by atoms with Crippen molar-refractivity contribution in [1.29, 1.82) is 0 Å². The highest BCUT2D eigenvalue weighted by Gasteiger charge is 2.38. The molecule has 0 unspecified atom stereocenters. The van der Waals surface area contributed by atoms with Crippen LogP contribution in [0.1, 0.15) is 84.6 Å². The highest BCUT2D eigenvalue weighted by atomic mass is 16.5. The fraction of sp³-hybridized carbons (Fsp3) is 0.529. The smallest absolute Gasteiger partial charge is 0.327 e. The summed E-state index contributed by atoms with van der Waals surface area (Å²) in [5, 5.41) is 45.7. The standard InChI is InChI=1S/C51H74N10O13/c1-28(15-21-36(74-7)26-33-12-9-8-10-13-33)16-22-37-29(2)43(64)58-39(49(70)71)23-24-41(63)61(6)32(5)46(67)55-31(4)45(66)59-40(27-34-17-19-35(62)20-18-34)48(69)60-42(50(72)73)30(3)44(65)57-38(47(68)56-37)14-11-25-54-51(52)53/h8-10,12-13,15-17,19,22,29-31,34-40,42,62H,5,11,14,18,20-21,23-27H2,1-4,6-7H3,(H,55,67)(H,56,68)(H,57,65)(H,58,64)(H,59,66)(H,60,69)(H,70,71)(H,72,73)(H4,52,53,54)/b22-16+,28-15+/t29-,30-,31+,34-,35-,36+,37-,38-,39+,40-,42+/m0/s1. The van der Waals surface area contributed by atoms with Crippen molar-refractivity contribution in [3.05, 3.63) is 84.1 Å². The van der Waals surface area contributed by atoms with Gasteiger partial charge in [-0.25, -0.2) is 9.59 Å². The van der Waals surface area contributed by atoms with E-state index in [1.165, 1.54) is 40.0 Å². The summed E-state index contributed by atoms with van der Waals surface area (Å²) >= 11 is 0. The van der Waals surface area contributed by atoms with Crippen molar-refractivity contribution in [2.24, 2.45) is 34.2 Å². The third-order valence-corrected chi connectivity index (χ3v) is 12.9. The third kappa shape index (κ3) is 19.9. The molecule has 0 saturated carbocycles. The van der Waals surface area contributed by atoms with Crippen molar-refractivity contribution in [3.8, 4) is 0 Å². The van der Waals surface area contributed by atoms with Gasteiger partial charge in [0.2, 0.25) is 35.4 Å². The first-order chi connectivity index (χ1) is 34.9. The largest absolute Gasteiger partial charge is 0.480 e. The molecule has 23 nitrogen and oxygen atoms in total. The molecule has 11 atom stereocenters. The second-order valence-corrected chi connectivity index (χ2v) is 18.7. The maximum atomic E-state index is 14.4. The number of nitrogens with one attached hydrogen (secondary N) is 6. The number of likely N-dealkylation sites (N-methyl/N-ethyl adjacent to an activating group) is 1. The predicted octanol–water partition coefficient (Wildman–Crippen LogP) is 0.0435. The number of aliphatic hydroxyl groups is 1. The molecule has 23 heteroatoms. The molecule has 1 heterocycles. The SMILES string of the molecule is C=C1C(=O)N[C@H](C)C(=O)N[C@@H](C[C@H]2C=C[C@H](O)CC2)C(=O)N[C@@H](C(=O)O)[C@H](C)C(=O)N[C@@H](CCCN=C(N)N)C(=O)N[C@@H](/C=C/C(C)=C/C[C@H](Cc2ccccc2)OC)[C@H](C)C(=O)N[C@@H](C(=O)O)CCC(=O)N1C. The number of guanidine groups is 1. The molecule has 0 bridgehead atoms. The molecular weight excluding hydrogens is 961 g/mol. The molecule has 406 valence electrons. The number of carbonyl (C=O) groups excluding carboxylic acids is 7. The Morgan fingerprint density at radius 1 is 0.838 bits per heavy atom. The number of hydrogen-bond donors (Lipinski definition) is 11. The van der Waals surface area contributed by atoms with Gasteiger partial charge in [-0.05, 0) is 76.7 Å². The molecule has 13 N–H and O–H groups in total. The minimum absolute atomic E-state index is 0.0117. The van der Waals surface area contributed by atoms with Gasteiger partial charge in [-0.1, -0.05) is 86.7 Å². The summed E-state index contributed by atoms with van der Waals surface area (Å²) in [4.78, 5) is 127. The van der Waals surface area contributed by atoms with Gasteiger partial charge in [0.25, 0.3) is 5.91 Å². The number of allylic oxidation sites excluding steroid dienone is 3. The lowest BCUT2D eigenvalue weighted by molar-refractivity contribution is -0.146. The number of ether oxygens (including phenoxy) is 1. The van der Waals surface area contributed by atoms with Crippen molar-refractivity contribution in [1.82, 2.24) is 36.8 Å². The molecule has 1 saturated heterocycles. The Balaban J connectivity index is 2.11. The number of carboxylic acids is 2. The summed E-state index contributed by atoms with van der Waals surface area (Å²) in [6.07, 6.45) is 8.10. The van der Waals surface area contributed by atoms with E-state index < -0.39 is 126 Å². The van der Waals surface area contributed by atoms with Crippen LogP contribution in [-0.4, -0.2) is 149 Å². The van der Waals surface area contributed by atoms with E-state index in [1.54, 1.807) is 26.2 Å². The lowest BCUT2D eigenvalue weighted by Gasteiger charge is -2.29. The zero-order valence-corrected chi connectivity index (χ0v) is 42.9. The van der Waals surface area contributed by atoms with Gasteiger partial charge in [0, 0.05) is 27.1 Å². The quantitative estimate of drug-likeness (QED) is 0.0276. The van der Waals surface area contributed by atoms with Crippen LogP contribution in [0.5, 0.6) is 0 Å². The Bertz CT molecular complexity index is 2300. The van der Waals surface area contributed by atoms with E-state index in [2.05, 4.69) is 43.5 Å². The van der Waals surface area contributed by atoms with E-state index in [4.69, 9.17) is 16.2 Å². The van der Waals surface area contributed by atoms with Gasteiger partial charge < -0.3 is 68.3 Å². The van der Waals surface area contributed by atoms with Gasteiger partial charge in [0.05, 0.1) is 30.1 Å². The van der Waals surface area contributed by atoms with E-state index in [0.29, 0.717) is 31.3 Å². The van der Waals surface area contributed by atoms with Crippen molar-refractivity contribution in [2.45, 2.75) is 134 Å². The molecule has 1 aliphatic carbocycles. The van der Waals surface area contributed by atoms with Crippen LogP contribution >= 0.6 is 0 Å². The van der Waals surface area contributed by atoms with E-state index in [9.17, 15) is 58.5 Å². The Labute approximate surface area is 431 Å². The highest BCUT2D eigenvalue weighted by molar-refractivity contribution is 6.00. The third-order valence-electron chi connectivity index (χ3n) is 12.9. The zero-order chi connectivity index (χ0) is 55.2. The molecular formula is C51H74N10O13. The molecule has 0 radical (unpaired) electrons. The van der Waals surface area contributed by atoms with Gasteiger partial charge in [0.1, 0.15) is 35.9 Å². The topological polar surface area (TPSA) is 363 Å². The Kier molecular flexibility index (Phi) is 24.7. The molecule has 1 aliphatic heterocycles. The normalized spacial score (nSPS) is 27.3. The van der Waals surface area contributed by atoms with Crippen LogP contribution in [-0.2, 0) is 54.3 Å². The molecule has 1 fully saturated rings. The first kappa shape index (κ1) is 60.9. The monoisotopic (exact) mass is 1030 g/mol. The van der Waals surface area contributed by atoms with Gasteiger partial charge >= 0.3 is 11.9 Å². The van der Waals surface area contributed by atoms with E-state index in [1.807, 2.05) is 36.4 Å². The zero-order valence-electron chi connectivity index (χ0n) is 42.9. The lowest BCUT2D eigenvalue weighted by Crippen LogP contribution is -2.59. The van der Waals surface area contributed by atoms with Gasteiger partial charge in [0.15, 0.2) is 5.96 Å². The molecule has 74 heavy (non-hydrogen) atoms. The number of carbonyl (C=O) groups is 9. The second kappa shape index (κ2) is 30.0. The molecule has 1 aromatic rings. The number of aliphatic hydroxyl groups excluding tert-OH is 1. The number of amides is 7. The fourth-order valence-electron chi connectivity index (χ4n) is 7.96. The minimum Gasteiger partial charge on any atom is -0.480 e. The average Bonchev–Trinajstić information content (AvgIpc) is 3.36. The van der Waals surface area contributed by atoms with E-state index in [0.717, 1.165) is 10.5 Å². The van der Waals surface area contributed by atoms with Gasteiger partial charge in [-0.15, -0.1) is 0 Å². The number of aliphatic imine (C=N–C) groups is 1. The van der Waals surface area contributed by atoms with Crippen molar-refractivity contribution in [2.75, 3.05) is 20.7 Å². The number of methoxy groups -OCH3 is 1. The maximum absolute atomic E-state index is 14.4. The number of rotatable bonds is 15. The molecule has 2 aliphatic rings. The molecule has 1 aromatic carbocycles. The van der Waals surface area contributed by atoms with Crippen LogP contribution < -0.4 is 43.4 Å². The maximum Gasteiger partial charge on any atom is 0.327 e. The second-order valence-electron chi connectivity index (χ2n) is 18.7. The number of nitrogens with two attached hydrogens (primary N) is 2. The van der Waals surface area contributed by atoms with Crippen LogP contribution in [0.4, 0.5) is 0 Å². The Morgan fingerprint density at radius 3 is 2.09 bits per heavy atom. The van der Waals surface area contributed by atoms with Crippen LogP contribution in [0.25, 0.3) is 0 Å². The number of aliphatic carboxylic acids is 2. The van der Waals surface area contributed by atoms with Crippen molar-refractivity contribution >= 4 is 59.2 Å². The Morgan fingerprint density at radius 2 is 1.49 bits per heavy atom. The molecule has 7 amide bonds. The number of carboxylic acid groups (broad SMARTS) is 2. The molecule has 3 rings (SSSR count). The summed E-state index contributed by atoms with van der Waals surface area (Å²) in [6.45, 7) is 9.36. The fourth-order valence-corrected chi connectivity index (χ4v) is 7.96. The van der Waals surface area contributed by atoms with Crippen molar-refractivity contribution < 1.29 is 63.2 Å². The van der Waals surface area contributed by atoms with Crippen LogP contribution in [0.15, 0.2) is 83.6 Å². The summed E-state index contributed by atoms with van der Waals surface area (Å²) in [5.74, 6) is -12.9. The van der Waals surface area contributed by atoms with Crippen LogP contribution in [0.3, 0.4) is 0 Å². The lowest BCUT2D eigenvalue weighted by atomic mass is 9.88. The van der Waals surface area contributed by atoms with Gasteiger partial charge in [-0.2, -0.15) is 0 Å². The first-order valence-electron chi connectivity index (χ1n) is 24.5. The summed E-state index contributed by atoms with van der Waals surface area (Å²) in [6, 6.07) is 0.726. The number of benzene rings is 1. The van der Waals surface area contributed by atoms with Crippen LogP contribution in [0.2, 0.25) is 0 Å². The van der Waals surface area contributed by atoms with E-state index >= 15 is 0 Å². The number of hydrogen-bond acceptors (Lipinski definition) is 12. The Hall–Kier alpha value is -7.40. The van der Waals surface area contributed by atoms with Gasteiger partial charge in [-0.3, -0.25) is 38.6 Å². The summed E-state index contributed by atoms with van der Waals surface area (Å²) in [5.41, 5.74) is 12.4.